The van der Waals surface area contributed by atoms with E-state index in [-0.39, 0.29) is 0 Å². The first-order valence-electron chi connectivity index (χ1n) is 6.30. The molecule has 0 amide bonds. The second-order valence-corrected chi connectivity index (χ2v) is 4.44. The van der Waals surface area contributed by atoms with Gasteiger partial charge in [0.2, 0.25) is 0 Å². The van der Waals surface area contributed by atoms with Crippen molar-refractivity contribution in [1.29, 1.82) is 0 Å². The van der Waals surface area contributed by atoms with Crippen molar-refractivity contribution >= 4 is 11.0 Å². The summed E-state index contributed by atoms with van der Waals surface area (Å²) in [6, 6.07) is 8.35. The van der Waals surface area contributed by atoms with Gasteiger partial charge in [0.25, 0.3) is 0 Å². The predicted octanol–water partition coefficient (Wildman–Crippen LogP) is 4.86. The second-order valence-electron chi connectivity index (χ2n) is 4.44. The molecule has 16 heavy (non-hydrogen) atoms. The zero-order valence-corrected chi connectivity index (χ0v) is 10.3. The van der Waals surface area contributed by atoms with Crippen molar-refractivity contribution in [3.63, 3.8) is 0 Å². The summed E-state index contributed by atoms with van der Waals surface area (Å²) in [5.41, 5.74) is 2.44. The summed E-state index contributed by atoms with van der Waals surface area (Å²) in [6.07, 6.45) is 6.40. The molecule has 0 saturated heterocycles. The first-order valence-corrected chi connectivity index (χ1v) is 6.30. The molecule has 0 aliphatic carbocycles. The Hall–Kier alpha value is -1.24. The van der Waals surface area contributed by atoms with Crippen LogP contribution in [0.3, 0.4) is 0 Å². The molecule has 2 aromatic rings. The molecule has 2 rings (SSSR count). The molecule has 86 valence electrons. The molecule has 1 aromatic carbocycles. The van der Waals surface area contributed by atoms with Crippen LogP contribution in [0.15, 0.2) is 28.7 Å². The number of fused-ring (bicyclic) bond motifs is 1. The Bertz CT molecular complexity index is 453. The van der Waals surface area contributed by atoms with Crippen molar-refractivity contribution in [1.82, 2.24) is 0 Å². The lowest BCUT2D eigenvalue weighted by Crippen LogP contribution is -1.86. The van der Waals surface area contributed by atoms with Crippen molar-refractivity contribution in [2.75, 3.05) is 0 Å². The maximum absolute atomic E-state index is 5.76. The standard InChI is InChI=1S/C15H20O/c1-3-4-5-6-9-13-12(2)16-15-11-8-7-10-14(13)15/h7-8,10-11H,3-6,9H2,1-2H3. The highest BCUT2D eigenvalue weighted by molar-refractivity contribution is 5.82. The van der Waals surface area contributed by atoms with Crippen molar-refractivity contribution in [2.24, 2.45) is 0 Å². The summed E-state index contributed by atoms with van der Waals surface area (Å²) >= 11 is 0. The number of unbranched alkanes of at least 4 members (excludes halogenated alkanes) is 3. The first-order chi connectivity index (χ1) is 7.83. The van der Waals surface area contributed by atoms with E-state index in [4.69, 9.17) is 4.42 Å². The van der Waals surface area contributed by atoms with Gasteiger partial charge in [-0.3, -0.25) is 0 Å². The molecular formula is C15H20O. The van der Waals surface area contributed by atoms with Crippen LogP contribution in [-0.4, -0.2) is 0 Å². The lowest BCUT2D eigenvalue weighted by Gasteiger charge is -1.99. The SMILES string of the molecule is CCCCCCc1c(C)oc2ccccc12. The Morgan fingerprint density at radius 2 is 1.88 bits per heavy atom. The minimum atomic E-state index is 1.03. The maximum atomic E-state index is 5.76. The Kier molecular flexibility index (Phi) is 3.66. The summed E-state index contributed by atoms with van der Waals surface area (Å²) in [6.45, 7) is 4.33. The highest BCUT2D eigenvalue weighted by atomic mass is 16.3. The van der Waals surface area contributed by atoms with Gasteiger partial charge in [0.05, 0.1) is 0 Å². The number of para-hydroxylation sites is 1. The van der Waals surface area contributed by atoms with Gasteiger partial charge in [-0.05, 0) is 25.8 Å². The molecule has 0 atom stereocenters. The van der Waals surface area contributed by atoms with Crippen LogP contribution in [0.5, 0.6) is 0 Å². The fourth-order valence-corrected chi connectivity index (χ4v) is 2.26. The summed E-state index contributed by atoms with van der Waals surface area (Å²) in [4.78, 5) is 0. The Morgan fingerprint density at radius 3 is 2.69 bits per heavy atom. The van der Waals surface area contributed by atoms with Crippen molar-refractivity contribution in [3.8, 4) is 0 Å². The minimum absolute atomic E-state index is 1.03. The van der Waals surface area contributed by atoms with E-state index in [1.807, 2.05) is 6.07 Å². The molecule has 0 unspecified atom stereocenters. The molecule has 0 radical (unpaired) electrons. The zero-order chi connectivity index (χ0) is 11.4. The molecule has 1 heteroatoms. The number of hydrogen-bond donors (Lipinski definition) is 0. The van der Waals surface area contributed by atoms with Crippen LogP contribution in [-0.2, 0) is 6.42 Å². The van der Waals surface area contributed by atoms with E-state index in [2.05, 4.69) is 32.0 Å². The summed E-state index contributed by atoms with van der Waals surface area (Å²) in [5, 5.41) is 1.30. The van der Waals surface area contributed by atoms with E-state index in [1.54, 1.807) is 0 Å². The Labute approximate surface area is 97.5 Å². The van der Waals surface area contributed by atoms with Crippen LogP contribution in [0, 0.1) is 6.92 Å². The van der Waals surface area contributed by atoms with Gasteiger partial charge < -0.3 is 4.42 Å². The maximum Gasteiger partial charge on any atom is 0.134 e. The quantitative estimate of drug-likeness (QED) is 0.650. The van der Waals surface area contributed by atoms with Crippen LogP contribution in [0.1, 0.15) is 43.9 Å². The lowest BCUT2D eigenvalue weighted by molar-refractivity contribution is 0.567. The van der Waals surface area contributed by atoms with Crippen molar-refractivity contribution in [3.05, 3.63) is 35.6 Å². The van der Waals surface area contributed by atoms with Gasteiger partial charge in [0.15, 0.2) is 0 Å². The largest absolute Gasteiger partial charge is 0.461 e. The monoisotopic (exact) mass is 216 g/mol. The predicted molar refractivity (Wildman–Crippen MR) is 68.8 cm³/mol. The second kappa shape index (κ2) is 5.20. The van der Waals surface area contributed by atoms with Crippen LogP contribution >= 0.6 is 0 Å². The third kappa shape index (κ3) is 2.29. The van der Waals surface area contributed by atoms with Crippen LogP contribution in [0.4, 0.5) is 0 Å². The number of benzene rings is 1. The first kappa shape index (κ1) is 11.3. The highest BCUT2D eigenvalue weighted by Crippen LogP contribution is 2.26. The van der Waals surface area contributed by atoms with Gasteiger partial charge in [-0.1, -0.05) is 44.4 Å². The fraction of sp³-hybridized carbons (Fsp3) is 0.467. The van der Waals surface area contributed by atoms with Gasteiger partial charge in [0, 0.05) is 10.9 Å². The average molecular weight is 216 g/mol. The smallest absolute Gasteiger partial charge is 0.134 e. The molecule has 1 heterocycles. The number of hydrogen-bond acceptors (Lipinski definition) is 1. The van der Waals surface area contributed by atoms with Crippen molar-refractivity contribution < 1.29 is 4.42 Å². The van der Waals surface area contributed by atoms with E-state index in [1.165, 1.54) is 36.6 Å². The van der Waals surface area contributed by atoms with Crippen LogP contribution < -0.4 is 0 Å². The van der Waals surface area contributed by atoms with Gasteiger partial charge in [0.1, 0.15) is 11.3 Å². The van der Waals surface area contributed by atoms with E-state index in [9.17, 15) is 0 Å². The highest BCUT2D eigenvalue weighted by Gasteiger charge is 2.09. The van der Waals surface area contributed by atoms with Gasteiger partial charge in [-0.2, -0.15) is 0 Å². The lowest BCUT2D eigenvalue weighted by atomic mass is 10.0. The van der Waals surface area contributed by atoms with Crippen LogP contribution in [0.25, 0.3) is 11.0 Å². The molecule has 0 bridgehead atoms. The summed E-state index contributed by atoms with van der Waals surface area (Å²) in [7, 11) is 0. The van der Waals surface area contributed by atoms with Crippen molar-refractivity contribution in [2.45, 2.75) is 46.0 Å². The number of furan rings is 1. The molecule has 0 N–H and O–H groups in total. The topological polar surface area (TPSA) is 13.1 Å². The Morgan fingerprint density at radius 1 is 1.06 bits per heavy atom. The molecule has 1 nitrogen and oxygen atoms in total. The van der Waals surface area contributed by atoms with Gasteiger partial charge in [-0.25, -0.2) is 0 Å². The van der Waals surface area contributed by atoms with E-state index < -0.39 is 0 Å². The van der Waals surface area contributed by atoms with Crippen LogP contribution in [0.2, 0.25) is 0 Å². The molecule has 0 saturated carbocycles. The average Bonchev–Trinajstić information content (AvgIpc) is 2.61. The third-order valence-corrected chi connectivity index (χ3v) is 3.18. The summed E-state index contributed by atoms with van der Waals surface area (Å²) in [5.74, 6) is 1.10. The van der Waals surface area contributed by atoms with E-state index >= 15 is 0 Å². The Balaban J connectivity index is 2.13. The molecule has 0 fully saturated rings. The molecule has 0 aliphatic rings. The molecule has 0 spiro atoms. The third-order valence-electron chi connectivity index (χ3n) is 3.18. The normalized spacial score (nSPS) is 11.1. The number of rotatable bonds is 5. The van der Waals surface area contributed by atoms with E-state index in [0.29, 0.717) is 0 Å². The zero-order valence-electron chi connectivity index (χ0n) is 10.3. The summed E-state index contributed by atoms with van der Waals surface area (Å²) < 4.78 is 5.76. The van der Waals surface area contributed by atoms with Gasteiger partial charge >= 0.3 is 0 Å². The van der Waals surface area contributed by atoms with Gasteiger partial charge in [-0.15, -0.1) is 0 Å². The molecular weight excluding hydrogens is 196 g/mol. The number of aryl methyl sites for hydroxylation is 2. The molecule has 0 aliphatic heterocycles. The van der Waals surface area contributed by atoms with E-state index in [0.717, 1.165) is 17.8 Å². The molecule has 1 aromatic heterocycles. The minimum Gasteiger partial charge on any atom is -0.461 e. The fourth-order valence-electron chi connectivity index (χ4n) is 2.26.